The van der Waals surface area contributed by atoms with E-state index in [1.807, 2.05) is 0 Å². The molecule has 0 aromatic heterocycles. The van der Waals surface area contributed by atoms with Crippen molar-refractivity contribution in [1.29, 1.82) is 0 Å². The Morgan fingerprint density at radius 1 is 0.579 bits per heavy atom. The first-order valence-corrected chi connectivity index (χ1v) is 14.5. The highest BCUT2D eigenvalue weighted by molar-refractivity contribution is 7.80. The van der Waals surface area contributed by atoms with Crippen LogP contribution in [0, 0.1) is 0 Å². The van der Waals surface area contributed by atoms with Gasteiger partial charge in [-0.3, -0.25) is 10.9 Å². The Morgan fingerprint density at radius 2 is 0.895 bits per heavy atom. The fraction of sp³-hybridized carbons (Fsp3) is 0.880. The number of azo groups is 2. The molecule has 12 nitrogen and oxygen atoms in total. The summed E-state index contributed by atoms with van der Waals surface area (Å²) in [5.41, 5.74) is 8.14. The molecule has 13 heteroatoms. The van der Waals surface area contributed by atoms with Crippen molar-refractivity contribution in [3.8, 4) is 0 Å². The summed E-state index contributed by atoms with van der Waals surface area (Å²) in [6.45, 7) is 7.10. The summed E-state index contributed by atoms with van der Waals surface area (Å²) in [6, 6.07) is -0.647. The summed E-state index contributed by atoms with van der Waals surface area (Å²) in [4.78, 5) is 24.6. The average Bonchev–Trinajstić information content (AvgIpc) is 2.79. The van der Waals surface area contributed by atoms with Crippen molar-refractivity contribution in [1.82, 2.24) is 32.3 Å². The molecule has 0 saturated heterocycles. The SMILES string of the molecule is CC(C)(/N=N/C1CCCCCCC1)NC(=O)NNC(=S)NNC(=O)NC(C)(C)/N=N/C1CCCCCCC1. The summed E-state index contributed by atoms with van der Waals surface area (Å²) in [5, 5.41) is 23.2. The van der Waals surface area contributed by atoms with Gasteiger partial charge in [-0.25, -0.2) is 20.4 Å². The molecule has 4 amide bonds. The summed E-state index contributed by atoms with van der Waals surface area (Å²) in [7, 11) is 0. The summed E-state index contributed by atoms with van der Waals surface area (Å²) < 4.78 is 0. The van der Waals surface area contributed by atoms with Gasteiger partial charge in [0.05, 0.1) is 12.1 Å². The zero-order chi connectivity index (χ0) is 27.9. The summed E-state index contributed by atoms with van der Waals surface area (Å²) in [6.07, 6.45) is 16.4. The minimum absolute atomic E-state index is 0.00166. The molecule has 0 aliphatic heterocycles. The summed E-state index contributed by atoms with van der Waals surface area (Å²) >= 11 is 5.10. The van der Waals surface area contributed by atoms with Crippen LogP contribution in [0.2, 0.25) is 0 Å². The lowest BCUT2D eigenvalue weighted by Crippen LogP contribution is -2.58. The molecule has 2 aliphatic carbocycles. The molecule has 38 heavy (non-hydrogen) atoms. The largest absolute Gasteiger partial charge is 0.335 e. The van der Waals surface area contributed by atoms with Crippen molar-refractivity contribution in [2.75, 3.05) is 0 Å². The van der Waals surface area contributed by atoms with Crippen LogP contribution in [0.1, 0.15) is 118 Å². The van der Waals surface area contributed by atoms with Crippen molar-refractivity contribution >= 4 is 29.4 Å². The molecule has 0 atom stereocenters. The van der Waals surface area contributed by atoms with Crippen LogP contribution in [-0.4, -0.2) is 40.6 Å². The predicted octanol–water partition coefficient (Wildman–Crippen LogP) is 5.48. The van der Waals surface area contributed by atoms with Gasteiger partial charge in [-0.15, -0.1) is 0 Å². The van der Waals surface area contributed by atoms with E-state index in [1.54, 1.807) is 27.7 Å². The van der Waals surface area contributed by atoms with Gasteiger partial charge < -0.3 is 10.6 Å². The van der Waals surface area contributed by atoms with E-state index in [9.17, 15) is 9.59 Å². The smallest absolute Gasteiger partial charge is 0.311 e. The van der Waals surface area contributed by atoms with E-state index >= 15 is 0 Å². The van der Waals surface area contributed by atoms with Gasteiger partial charge >= 0.3 is 12.1 Å². The minimum Gasteiger partial charge on any atom is -0.311 e. The average molecular weight is 553 g/mol. The monoisotopic (exact) mass is 552 g/mol. The van der Waals surface area contributed by atoms with Gasteiger partial charge in [-0.2, -0.15) is 20.5 Å². The molecule has 0 radical (unpaired) electrons. The highest BCUT2D eigenvalue weighted by Gasteiger charge is 2.22. The van der Waals surface area contributed by atoms with Crippen molar-refractivity contribution < 1.29 is 9.59 Å². The third-order valence-corrected chi connectivity index (χ3v) is 6.71. The molecule has 0 bridgehead atoms. The Hall–Kier alpha value is -2.57. The third kappa shape index (κ3) is 14.4. The van der Waals surface area contributed by atoms with Gasteiger partial charge in [0.15, 0.2) is 0 Å². The quantitative estimate of drug-likeness (QED) is 0.146. The fourth-order valence-electron chi connectivity index (χ4n) is 4.48. The van der Waals surface area contributed by atoms with E-state index in [0.717, 1.165) is 25.7 Å². The molecule has 0 unspecified atom stereocenters. The first-order chi connectivity index (χ1) is 18.0. The maximum atomic E-state index is 12.3. The first-order valence-electron chi connectivity index (χ1n) is 14.1. The first kappa shape index (κ1) is 31.6. The van der Waals surface area contributed by atoms with E-state index in [0.29, 0.717) is 0 Å². The molecule has 0 spiro atoms. The van der Waals surface area contributed by atoms with Crippen molar-refractivity contribution in [3.63, 3.8) is 0 Å². The third-order valence-electron chi connectivity index (χ3n) is 6.51. The number of amides is 4. The number of carbonyl (C=O) groups excluding carboxylic acids is 2. The topological polar surface area (TPSA) is 156 Å². The molecule has 2 rings (SSSR count). The molecule has 216 valence electrons. The van der Waals surface area contributed by atoms with Crippen molar-refractivity contribution in [2.24, 2.45) is 20.5 Å². The van der Waals surface area contributed by atoms with E-state index in [-0.39, 0.29) is 17.2 Å². The number of hydrazine groups is 2. The normalized spacial score (nSPS) is 19.1. The lowest BCUT2D eigenvalue weighted by molar-refractivity contribution is 0.226. The molecule has 2 saturated carbocycles. The van der Waals surface area contributed by atoms with Gasteiger partial charge in [0, 0.05) is 0 Å². The predicted molar refractivity (Wildman–Crippen MR) is 152 cm³/mol. The van der Waals surface area contributed by atoms with Gasteiger partial charge in [-0.05, 0) is 65.6 Å². The number of nitrogens with zero attached hydrogens (tertiary/aromatic N) is 4. The van der Waals surface area contributed by atoms with Crippen LogP contribution in [0.5, 0.6) is 0 Å². The van der Waals surface area contributed by atoms with Crippen LogP contribution in [0.15, 0.2) is 20.5 Å². The second-order valence-corrected chi connectivity index (χ2v) is 11.7. The fourth-order valence-corrected chi connectivity index (χ4v) is 4.58. The van der Waals surface area contributed by atoms with Crippen molar-refractivity contribution in [2.45, 2.75) is 141 Å². The van der Waals surface area contributed by atoms with Gasteiger partial charge in [0.1, 0.15) is 11.3 Å². The van der Waals surface area contributed by atoms with Gasteiger partial charge in [0.25, 0.3) is 0 Å². The number of carbonyl (C=O) groups is 2. The van der Waals surface area contributed by atoms with Crippen molar-refractivity contribution in [3.05, 3.63) is 0 Å². The number of thiocarbonyl (C=S) groups is 1. The van der Waals surface area contributed by atoms with E-state index < -0.39 is 23.4 Å². The second-order valence-electron chi connectivity index (χ2n) is 11.3. The maximum absolute atomic E-state index is 12.3. The molecular formula is C25H48N10O2S. The van der Waals surface area contributed by atoms with E-state index in [2.05, 4.69) is 52.8 Å². The number of nitrogens with one attached hydrogen (secondary N) is 6. The lowest BCUT2D eigenvalue weighted by atomic mass is 9.97. The zero-order valence-electron chi connectivity index (χ0n) is 23.6. The molecule has 6 N–H and O–H groups in total. The van der Waals surface area contributed by atoms with Crippen LogP contribution in [-0.2, 0) is 0 Å². The molecule has 0 aromatic carbocycles. The van der Waals surface area contributed by atoms with E-state index in [1.165, 1.54) is 64.2 Å². The molecule has 0 heterocycles. The number of hydrogen-bond donors (Lipinski definition) is 6. The number of rotatable bonds is 6. The molecule has 2 aliphatic rings. The zero-order valence-corrected chi connectivity index (χ0v) is 24.4. The Labute approximate surface area is 232 Å². The van der Waals surface area contributed by atoms with Crippen LogP contribution in [0.4, 0.5) is 9.59 Å². The Balaban J connectivity index is 1.66. The van der Waals surface area contributed by atoms with Crippen LogP contribution < -0.4 is 32.3 Å². The maximum Gasteiger partial charge on any atom is 0.335 e. The van der Waals surface area contributed by atoms with Gasteiger partial charge in [-0.1, -0.05) is 64.2 Å². The van der Waals surface area contributed by atoms with E-state index in [4.69, 9.17) is 12.2 Å². The Morgan fingerprint density at radius 3 is 1.24 bits per heavy atom. The molecular weight excluding hydrogens is 504 g/mol. The Kier molecular flexibility index (Phi) is 13.7. The summed E-state index contributed by atoms with van der Waals surface area (Å²) in [5.74, 6) is 0. The standard InChI is InChI=1S/C25H48N10O2S/c1-24(2,34-28-19-15-11-7-5-8-12-16-19)26-21(36)30-32-23(38)33-31-22(37)27-25(3,4)35-29-20-17-13-9-6-10-14-18-20/h19-20H,5-18H2,1-4H3,(H2,26,30,36)(H2,27,31,37)(H2,32,33,38)/b34-28+,35-29+. The van der Waals surface area contributed by atoms with Crippen LogP contribution in [0.25, 0.3) is 0 Å². The highest BCUT2D eigenvalue weighted by atomic mass is 32.1. The van der Waals surface area contributed by atoms with Crippen LogP contribution >= 0.6 is 12.2 Å². The molecule has 2 fully saturated rings. The lowest BCUT2D eigenvalue weighted by Gasteiger charge is -2.23. The van der Waals surface area contributed by atoms with Gasteiger partial charge in [0.2, 0.25) is 5.11 Å². The highest BCUT2D eigenvalue weighted by Crippen LogP contribution is 2.22. The second kappa shape index (κ2) is 16.4. The number of hydrogen-bond acceptors (Lipinski definition) is 7. The Bertz CT molecular complexity index is 738. The molecule has 0 aromatic rings. The van der Waals surface area contributed by atoms with Crippen LogP contribution in [0.3, 0.4) is 0 Å². The number of urea groups is 2. The minimum atomic E-state index is -0.878.